The molecule has 0 amide bonds. The first-order valence-corrected chi connectivity index (χ1v) is 7.25. The van der Waals surface area contributed by atoms with Crippen molar-refractivity contribution in [2.24, 2.45) is 0 Å². The van der Waals surface area contributed by atoms with Gasteiger partial charge in [0, 0.05) is 11.1 Å². The van der Waals surface area contributed by atoms with Crippen LogP contribution in [0.2, 0.25) is 0 Å². The number of carbonyl (C=O) groups excluding carboxylic acids is 2. The van der Waals surface area contributed by atoms with Crippen LogP contribution in [-0.4, -0.2) is 11.8 Å². The number of carbonyl (C=O) groups is 2. The lowest BCUT2D eigenvalue weighted by molar-refractivity contribution is 0.0716. The highest BCUT2D eigenvalue weighted by Gasteiger charge is 2.25. The van der Waals surface area contributed by atoms with Gasteiger partial charge in [0.15, 0.2) is 5.78 Å². The van der Waals surface area contributed by atoms with E-state index < -0.39 is 0 Å². The molecule has 3 nitrogen and oxygen atoms in total. The number of rotatable bonds is 3. The van der Waals surface area contributed by atoms with Crippen LogP contribution in [0.5, 0.6) is 0 Å². The monoisotopic (exact) mass is 304 g/mol. The van der Waals surface area contributed by atoms with Crippen molar-refractivity contribution in [3.63, 3.8) is 0 Å². The maximum atomic E-state index is 11.8. The third-order valence-electron chi connectivity index (χ3n) is 3.95. The van der Waals surface area contributed by atoms with Crippen LogP contribution in [0.15, 0.2) is 49.6 Å². The molecule has 1 aliphatic rings. The molecular formula is C20H16O3. The normalized spacial score (nSPS) is 12.8. The summed E-state index contributed by atoms with van der Waals surface area (Å²) in [7, 11) is 0. The van der Waals surface area contributed by atoms with Crippen LogP contribution in [0, 0.1) is 0 Å². The number of fused-ring (bicyclic) bond motifs is 1. The minimum Gasteiger partial charge on any atom is -0.423 e. The summed E-state index contributed by atoms with van der Waals surface area (Å²) in [6.45, 7) is 11.1. The number of allylic oxidation sites excluding steroid dienone is 1. The number of Topliss-reactive ketones (excluding diaryl/α,β-unsaturated/α-hetero) is 1. The van der Waals surface area contributed by atoms with E-state index in [1.807, 2.05) is 31.2 Å². The van der Waals surface area contributed by atoms with Crippen molar-refractivity contribution in [3.05, 3.63) is 71.8 Å². The van der Waals surface area contributed by atoms with E-state index in [0.717, 1.165) is 27.8 Å². The van der Waals surface area contributed by atoms with E-state index in [0.29, 0.717) is 16.9 Å². The number of hydrogen-bond donors (Lipinski definition) is 0. The fourth-order valence-electron chi connectivity index (χ4n) is 2.74. The number of esters is 1. The van der Waals surface area contributed by atoms with Gasteiger partial charge in [0.05, 0.1) is 5.56 Å². The first kappa shape index (κ1) is 15.0. The van der Waals surface area contributed by atoms with Crippen LogP contribution in [-0.2, 0) is 4.74 Å². The summed E-state index contributed by atoms with van der Waals surface area (Å²) in [6, 6.07) is 11.1. The summed E-state index contributed by atoms with van der Waals surface area (Å²) in [6.07, 6.45) is 0. The zero-order valence-electron chi connectivity index (χ0n) is 13.1. The molecule has 0 fully saturated rings. The molecule has 0 bridgehead atoms. The highest BCUT2D eigenvalue weighted by molar-refractivity contribution is 6.04. The van der Waals surface area contributed by atoms with E-state index in [4.69, 9.17) is 4.74 Å². The van der Waals surface area contributed by atoms with Crippen LogP contribution in [0.4, 0.5) is 0 Å². The molecule has 0 unspecified atom stereocenters. The van der Waals surface area contributed by atoms with Gasteiger partial charge in [0.1, 0.15) is 5.76 Å². The van der Waals surface area contributed by atoms with E-state index in [1.165, 1.54) is 0 Å². The summed E-state index contributed by atoms with van der Waals surface area (Å²) >= 11 is 0. The molecule has 3 heteroatoms. The Morgan fingerprint density at radius 3 is 2.26 bits per heavy atom. The molecule has 23 heavy (non-hydrogen) atoms. The lowest BCUT2D eigenvalue weighted by Crippen LogP contribution is -1.99. The van der Waals surface area contributed by atoms with E-state index in [9.17, 15) is 9.59 Å². The molecule has 1 heterocycles. The van der Waals surface area contributed by atoms with E-state index in [2.05, 4.69) is 13.2 Å². The molecule has 1 aliphatic heterocycles. The van der Waals surface area contributed by atoms with Gasteiger partial charge in [0.2, 0.25) is 0 Å². The van der Waals surface area contributed by atoms with E-state index >= 15 is 0 Å². The van der Waals surface area contributed by atoms with Crippen molar-refractivity contribution in [1.29, 1.82) is 0 Å². The predicted octanol–water partition coefficient (Wildman–Crippen LogP) is 4.73. The van der Waals surface area contributed by atoms with Crippen LogP contribution < -0.4 is 0 Å². The highest BCUT2D eigenvalue weighted by Crippen LogP contribution is 2.33. The molecule has 0 radical (unpaired) electrons. The van der Waals surface area contributed by atoms with Gasteiger partial charge >= 0.3 is 5.97 Å². The average molecular weight is 304 g/mol. The molecule has 3 rings (SSSR count). The van der Waals surface area contributed by atoms with Gasteiger partial charge in [-0.1, -0.05) is 36.9 Å². The zero-order valence-corrected chi connectivity index (χ0v) is 13.1. The first-order valence-electron chi connectivity index (χ1n) is 7.25. The summed E-state index contributed by atoms with van der Waals surface area (Å²) in [4.78, 5) is 23.6. The van der Waals surface area contributed by atoms with Gasteiger partial charge in [-0.3, -0.25) is 4.79 Å². The minimum absolute atomic E-state index is 0.00313. The van der Waals surface area contributed by atoms with Gasteiger partial charge < -0.3 is 4.74 Å². The molecule has 0 saturated carbocycles. The van der Waals surface area contributed by atoms with Crippen molar-refractivity contribution >= 4 is 23.1 Å². The Labute approximate surface area is 134 Å². The second kappa shape index (κ2) is 5.36. The van der Waals surface area contributed by atoms with E-state index in [-0.39, 0.29) is 11.8 Å². The Kier molecular flexibility index (Phi) is 3.49. The zero-order chi connectivity index (χ0) is 16.7. The van der Waals surface area contributed by atoms with Crippen LogP contribution in [0.25, 0.3) is 22.5 Å². The summed E-state index contributed by atoms with van der Waals surface area (Å²) < 4.78 is 5.04. The molecule has 0 aliphatic carbocycles. The Hall–Kier alpha value is -2.94. The maximum absolute atomic E-state index is 11.8. The molecule has 0 atom stereocenters. The van der Waals surface area contributed by atoms with Gasteiger partial charge in [0.25, 0.3) is 0 Å². The van der Waals surface area contributed by atoms with Crippen molar-refractivity contribution < 1.29 is 14.3 Å². The lowest BCUT2D eigenvalue weighted by Gasteiger charge is -2.10. The van der Waals surface area contributed by atoms with Crippen molar-refractivity contribution in [2.75, 3.05) is 0 Å². The standard InChI is InChI=1S/C20H16O3/c1-11(2)18-9-14(5-7-16(18)12(3)21)15-6-8-17-13(4)23-20(22)19(17)10-15/h5-10H,1,4H2,2-3H3. The molecule has 2 aromatic carbocycles. The SMILES string of the molecule is C=C(C)c1cc(-c2ccc3c(c2)C(=O)OC3=C)ccc1C(C)=O. The van der Waals surface area contributed by atoms with Gasteiger partial charge in [-0.05, 0) is 48.7 Å². The van der Waals surface area contributed by atoms with Crippen molar-refractivity contribution in [2.45, 2.75) is 13.8 Å². The van der Waals surface area contributed by atoms with Crippen LogP contribution in [0.3, 0.4) is 0 Å². The first-order chi connectivity index (χ1) is 10.9. The average Bonchev–Trinajstić information content (AvgIpc) is 2.80. The van der Waals surface area contributed by atoms with E-state index in [1.54, 1.807) is 19.1 Å². The third kappa shape index (κ3) is 2.50. The van der Waals surface area contributed by atoms with Gasteiger partial charge in [-0.2, -0.15) is 0 Å². The number of ketones is 1. The third-order valence-corrected chi connectivity index (χ3v) is 3.95. The fourth-order valence-corrected chi connectivity index (χ4v) is 2.74. The topological polar surface area (TPSA) is 43.4 Å². The fraction of sp³-hybridized carbons (Fsp3) is 0.100. The molecule has 0 spiro atoms. The quantitative estimate of drug-likeness (QED) is 0.608. The smallest absolute Gasteiger partial charge is 0.344 e. The lowest BCUT2D eigenvalue weighted by atomic mass is 9.93. The highest BCUT2D eigenvalue weighted by atomic mass is 16.5. The number of ether oxygens (including phenoxy) is 1. The van der Waals surface area contributed by atoms with Crippen LogP contribution in [0.1, 0.15) is 45.7 Å². The molecule has 114 valence electrons. The van der Waals surface area contributed by atoms with Crippen molar-refractivity contribution in [1.82, 2.24) is 0 Å². The van der Waals surface area contributed by atoms with Gasteiger partial charge in [-0.25, -0.2) is 4.79 Å². The summed E-state index contributed by atoms with van der Waals surface area (Å²) in [5.41, 5.74) is 5.33. The Balaban J connectivity index is 2.13. The number of cyclic esters (lactones) is 1. The second-order valence-corrected chi connectivity index (χ2v) is 5.67. The van der Waals surface area contributed by atoms with Crippen LogP contribution >= 0.6 is 0 Å². The predicted molar refractivity (Wildman–Crippen MR) is 91.0 cm³/mol. The molecule has 0 N–H and O–H groups in total. The second-order valence-electron chi connectivity index (χ2n) is 5.67. The largest absolute Gasteiger partial charge is 0.423 e. The summed E-state index contributed by atoms with van der Waals surface area (Å²) in [5.74, 6) is 0.00168. The summed E-state index contributed by atoms with van der Waals surface area (Å²) in [5, 5.41) is 0. The maximum Gasteiger partial charge on any atom is 0.344 e. The molecule has 2 aromatic rings. The molecule has 0 saturated heterocycles. The van der Waals surface area contributed by atoms with Gasteiger partial charge in [-0.15, -0.1) is 0 Å². The Morgan fingerprint density at radius 1 is 0.957 bits per heavy atom. The number of hydrogen-bond acceptors (Lipinski definition) is 3. The Bertz CT molecular complexity index is 888. The van der Waals surface area contributed by atoms with Crippen molar-refractivity contribution in [3.8, 4) is 11.1 Å². The Morgan fingerprint density at radius 2 is 1.61 bits per heavy atom. The molecular weight excluding hydrogens is 288 g/mol. The number of benzene rings is 2. The minimum atomic E-state index is -0.382. The molecule has 0 aromatic heterocycles.